The van der Waals surface area contributed by atoms with Crippen LogP contribution in [0.3, 0.4) is 0 Å². The van der Waals surface area contributed by atoms with Crippen LogP contribution in [0.25, 0.3) is 6.08 Å². The van der Waals surface area contributed by atoms with Gasteiger partial charge >= 0.3 is 0 Å². The summed E-state index contributed by atoms with van der Waals surface area (Å²) >= 11 is 0.882. The first-order valence-electron chi connectivity index (χ1n) is 8.03. The number of amides is 3. The van der Waals surface area contributed by atoms with E-state index in [4.69, 9.17) is 0 Å². The Hall–Kier alpha value is -2.08. The first-order valence-corrected chi connectivity index (χ1v) is 8.84. The fourth-order valence-corrected chi connectivity index (χ4v) is 3.46. The Kier molecular flexibility index (Phi) is 4.49. The summed E-state index contributed by atoms with van der Waals surface area (Å²) in [5, 5.41) is 4.88. The second-order valence-corrected chi connectivity index (χ2v) is 7.69. The molecule has 1 aromatic carbocycles. The Morgan fingerprint density at radius 1 is 1.29 bits per heavy atom. The molecular weight excluding hydrogens is 324 g/mol. The first-order chi connectivity index (χ1) is 11.4. The summed E-state index contributed by atoms with van der Waals surface area (Å²) in [4.78, 5) is 35.3. The third-order valence-corrected chi connectivity index (χ3v) is 5.64. The predicted molar refractivity (Wildman–Crippen MR) is 94.4 cm³/mol. The predicted octanol–water partition coefficient (Wildman–Crippen LogP) is 3.18. The number of hydrogen-bond acceptors (Lipinski definition) is 4. The summed E-state index contributed by atoms with van der Waals surface area (Å²) in [7, 11) is 0. The van der Waals surface area contributed by atoms with Crippen molar-refractivity contribution < 1.29 is 14.4 Å². The van der Waals surface area contributed by atoms with Crippen molar-refractivity contribution in [2.45, 2.75) is 26.7 Å². The lowest BCUT2D eigenvalue weighted by Crippen LogP contribution is -2.32. The van der Waals surface area contributed by atoms with Crippen molar-refractivity contribution in [3.8, 4) is 0 Å². The quantitative estimate of drug-likeness (QED) is 0.805. The number of carbonyl (C=O) groups excluding carboxylic acids is 3. The van der Waals surface area contributed by atoms with Crippen LogP contribution in [0.2, 0.25) is 0 Å². The molecule has 1 saturated heterocycles. The first kappa shape index (κ1) is 16.8. The Bertz CT molecular complexity index is 718. The van der Waals surface area contributed by atoms with Crippen molar-refractivity contribution in [3.63, 3.8) is 0 Å². The minimum atomic E-state index is -0.379. The maximum Gasteiger partial charge on any atom is 0.290 e. The molecule has 0 atom stereocenters. The Balaban J connectivity index is 1.62. The van der Waals surface area contributed by atoms with Crippen LogP contribution in [0.15, 0.2) is 29.2 Å². The van der Waals surface area contributed by atoms with Crippen LogP contribution in [0.5, 0.6) is 0 Å². The summed E-state index contributed by atoms with van der Waals surface area (Å²) < 4.78 is 0. The molecular formula is C18H20N2O3S. The van der Waals surface area contributed by atoms with E-state index in [-0.39, 0.29) is 22.5 Å². The fourth-order valence-electron chi connectivity index (χ4n) is 2.78. The lowest BCUT2D eigenvalue weighted by atomic mass is 9.92. The minimum Gasteiger partial charge on any atom is -0.351 e. The summed E-state index contributed by atoms with van der Waals surface area (Å²) in [5.41, 5.74) is 1.65. The molecule has 0 unspecified atom stereocenters. The molecule has 1 saturated carbocycles. The van der Waals surface area contributed by atoms with Gasteiger partial charge in [-0.05, 0) is 59.7 Å². The molecule has 0 radical (unpaired) electrons. The van der Waals surface area contributed by atoms with Crippen LogP contribution in [-0.2, 0) is 4.79 Å². The van der Waals surface area contributed by atoms with E-state index in [1.807, 2.05) is 0 Å². The summed E-state index contributed by atoms with van der Waals surface area (Å²) in [6.45, 7) is 5.11. The molecule has 0 bridgehead atoms. The SMILES string of the molecule is CC(C)C1(CNC(=O)c2ccc(C=C3SC(=O)NC3=O)cc2)CC1. The highest BCUT2D eigenvalue weighted by Gasteiger charge is 2.45. The van der Waals surface area contributed by atoms with Gasteiger partial charge in [-0.25, -0.2) is 0 Å². The van der Waals surface area contributed by atoms with Gasteiger partial charge in [0.2, 0.25) is 0 Å². The van der Waals surface area contributed by atoms with Crippen LogP contribution >= 0.6 is 11.8 Å². The van der Waals surface area contributed by atoms with Gasteiger partial charge in [0.1, 0.15) is 0 Å². The molecule has 3 rings (SSSR count). The molecule has 0 spiro atoms. The van der Waals surface area contributed by atoms with Crippen LogP contribution in [0.1, 0.15) is 42.6 Å². The second kappa shape index (κ2) is 6.43. The summed E-state index contributed by atoms with van der Waals surface area (Å²) in [6, 6.07) is 7.01. The van der Waals surface area contributed by atoms with Crippen molar-refractivity contribution in [1.29, 1.82) is 0 Å². The third kappa shape index (κ3) is 3.53. The number of carbonyl (C=O) groups is 3. The van der Waals surface area contributed by atoms with Gasteiger partial charge in [0, 0.05) is 12.1 Å². The molecule has 1 aliphatic heterocycles. The molecule has 126 valence electrons. The van der Waals surface area contributed by atoms with Gasteiger partial charge in [0.05, 0.1) is 4.91 Å². The van der Waals surface area contributed by atoms with Crippen molar-refractivity contribution in [2.75, 3.05) is 6.54 Å². The number of imide groups is 1. The van der Waals surface area contributed by atoms with E-state index >= 15 is 0 Å². The summed E-state index contributed by atoms with van der Waals surface area (Å²) in [5.74, 6) is 0.115. The van der Waals surface area contributed by atoms with E-state index in [0.717, 1.165) is 17.3 Å². The van der Waals surface area contributed by atoms with Crippen LogP contribution in [0, 0.1) is 11.3 Å². The van der Waals surface area contributed by atoms with Crippen LogP contribution in [0.4, 0.5) is 4.79 Å². The van der Waals surface area contributed by atoms with Crippen LogP contribution < -0.4 is 10.6 Å². The van der Waals surface area contributed by atoms with E-state index < -0.39 is 0 Å². The highest BCUT2D eigenvalue weighted by Crippen LogP contribution is 2.51. The fraction of sp³-hybridized carbons (Fsp3) is 0.389. The van der Waals surface area contributed by atoms with Gasteiger partial charge in [-0.3, -0.25) is 19.7 Å². The van der Waals surface area contributed by atoms with Gasteiger partial charge in [0.25, 0.3) is 17.1 Å². The number of nitrogens with one attached hydrogen (secondary N) is 2. The van der Waals surface area contributed by atoms with E-state index in [9.17, 15) is 14.4 Å². The molecule has 3 amide bonds. The zero-order valence-corrected chi connectivity index (χ0v) is 14.5. The zero-order valence-electron chi connectivity index (χ0n) is 13.7. The highest BCUT2D eigenvalue weighted by atomic mass is 32.2. The Morgan fingerprint density at radius 3 is 2.46 bits per heavy atom. The van der Waals surface area contributed by atoms with E-state index in [0.29, 0.717) is 22.9 Å². The normalized spacial score (nSPS) is 20.4. The van der Waals surface area contributed by atoms with Crippen molar-refractivity contribution in [2.24, 2.45) is 11.3 Å². The monoisotopic (exact) mass is 344 g/mol. The zero-order chi connectivity index (χ0) is 17.3. The topological polar surface area (TPSA) is 75.3 Å². The largest absolute Gasteiger partial charge is 0.351 e. The minimum absolute atomic E-state index is 0.0794. The molecule has 6 heteroatoms. The molecule has 2 fully saturated rings. The van der Waals surface area contributed by atoms with Gasteiger partial charge in [0.15, 0.2) is 0 Å². The number of benzene rings is 1. The van der Waals surface area contributed by atoms with Crippen molar-refractivity contribution in [1.82, 2.24) is 10.6 Å². The van der Waals surface area contributed by atoms with E-state index in [1.165, 1.54) is 12.8 Å². The Morgan fingerprint density at radius 2 is 1.96 bits per heavy atom. The van der Waals surface area contributed by atoms with E-state index in [2.05, 4.69) is 24.5 Å². The molecule has 0 aromatic heterocycles. The lowest BCUT2D eigenvalue weighted by molar-refractivity contribution is -0.115. The molecule has 2 aliphatic rings. The van der Waals surface area contributed by atoms with Gasteiger partial charge in [-0.15, -0.1) is 0 Å². The number of thioether (sulfide) groups is 1. The highest BCUT2D eigenvalue weighted by molar-refractivity contribution is 8.18. The van der Waals surface area contributed by atoms with Crippen LogP contribution in [-0.4, -0.2) is 23.6 Å². The number of hydrogen-bond donors (Lipinski definition) is 2. The standard InChI is InChI=1S/C18H20N2O3S/c1-11(2)18(7-8-18)10-19-15(21)13-5-3-12(4-6-13)9-14-16(22)20-17(23)24-14/h3-6,9,11H,7-8,10H2,1-2H3,(H,19,21)(H,20,22,23). The molecule has 2 N–H and O–H groups in total. The maximum atomic E-state index is 12.3. The third-order valence-electron chi connectivity index (χ3n) is 4.83. The van der Waals surface area contributed by atoms with Crippen molar-refractivity contribution >= 4 is 34.9 Å². The average molecular weight is 344 g/mol. The lowest BCUT2D eigenvalue weighted by Gasteiger charge is -2.20. The molecule has 24 heavy (non-hydrogen) atoms. The maximum absolute atomic E-state index is 12.3. The molecule has 1 aliphatic carbocycles. The van der Waals surface area contributed by atoms with Gasteiger partial charge < -0.3 is 5.32 Å². The van der Waals surface area contributed by atoms with Gasteiger partial charge in [-0.2, -0.15) is 0 Å². The molecule has 1 heterocycles. The van der Waals surface area contributed by atoms with Gasteiger partial charge in [-0.1, -0.05) is 26.0 Å². The van der Waals surface area contributed by atoms with E-state index in [1.54, 1.807) is 30.3 Å². The molecule has 5 nitrogen and oxygen atoms in total. The number of rotatable bonds is 5. The average Bonchev–Trinajstić information content (AvgIpc) is 3.27. The second-order valence-electron chi connectivity index (χ2n) is 6.67. The summed E-state index contributed by atoms with van der Waals surface area (Å²) in [6.07, 6.45) is 4.00. The molecule has 1 aromatic rings. The Labute approximate surface area is 145 Å². The van der Waals surface area contributed by atoms with Crippen molar-refractivity contribution in [3.05, 3.63) is 40.3 Å². The smallest absolute Gasteiger partial charge is 0.290 e.